The van der Waals surface area contributed by atoms with Gasteiger partial charge in [-0.2, -0.15) is 0 Å². The van der Waals surface area contributed by atoms with Crippen LogP contribution in [-0.2, 0) is 16.1 Å². The number of carbonyl (C=O) groups is 1. The number of nitrogens with zero attached hydrogens (tertiary/aromatic N) is 1. The minimum atomic E-state index is -0.373. The van der Waals surface area contributed by atoms with E-state index in [0.717, 1.165) is 12.1 Å². The summed E-state index contributed by atoms with van der Waals surface area (Å²) < 4.78 is 10.1. The summed E-state index contributed by atoms with van der Waals surface area (Å²) in [5, 5.41) is 0. The Bertz CT molecular complexity index is 335. The molecule has 0 N–H and O–H groups in total. The molecule has 0 amide bonds. The fourth-order valence-electron chi connectivity index (χ4n) is 1.09. The quantitative estimate of drug-likeness (QED) is 0.718. The summed E-state index contributed by atoms with van der Waals surface area (Å²) in [4.78, 5) is 15.3. The highest BCUT2D eigenvalue weighted by molar-refractivity contribution is 5.88. The Morgan fingerprint density at radius 3 is 2.75 bits per heavy atom. The van der Waals surface area contributed by atoms with Crippen LogP contribution in [0.1, 0.15) is 36.3 Å². The Hall–Kier alpha value is -1.42. The van der Waals surface area contributed by atoms with Crippen molar-refractivity contribution in [2.75, 3.05) is 7.11 Å². The van der Waals surface area contributed by atoms with Crippen LogP contribution in [0.3, 0.4) is 0 Å². The Morgan fingerprint density at radius 1 is 1.50 bits per heavy atom. The van der Waals surface area contributed by atoms with Crippen LogP contribution < -0.4 is 0 Å². The van der Waals surface area contributed by atoms with Gasteiger partial charge in [-0.05, 0) is 25.5 Å². The molecule has 1 aromatic heterocycles. The van der Waals surface area contributed by atoms with Gasteiger partial charge in [0.15, 0.2) is 0 Å². The topological polar surface area (TPSA) is 48.4 Å². The molecule has 0 aliphatic rings. The number of ether oxygens (including phenoxy) is 2. The Balaban J connectivity index is 2.54. The van der Waals surface area contributed by atoms with E-state index in [0.29, 0.717) is 12.2 Å². The van der Waals surface area contributed by atoms with Crippen molar-refractivity contribution in [3.05, 3.63) is 29.6 Å². The molecule has 88 valence electrons. The zero-order valence-corrected chi connectivity index (χ0v) is 9.90. The molecule has 1 atom stereocenters. The van der Waals surface area contributed by atoms with E-state index in [1.54, 1.807) is 12.1 Å². The minimum Gasteiger partial charge on any atom is -0.465 e. The maximum absolute atomic E-state index is 11.1. The number of hydrogen-bond acceptors (Lipinski definition) is 4. The largest absolute Gasteiger partial charge is 0.465 e. The molecule has 0 radical (unpaired) electrons. The first kappa shape index (κ1) is 12.6. The number of carbonyl (C=O) groups excluding carboxylic acids is 1. The lowest BCUT2D eigenvalue weighted by Crippen LogP contribution is -2.08. The maximum Gasteiger partial charge on any atom is 0.339 e. The van der Waals surface area contributed by atoms with E-state index >= 15 is 0 Å². The van der Waals surface area contributed by atoms with Crippen molar-refractivity contribution in [1.29, 1.82) is 0 Å². The van der Waals surface area contributed by atoms with Gasteiger partial charge < -0.3 is 9.47 Å². The number of rotatable bonds is 5. The van der Waals surface area contributed by atoms with Gasteiger partial charge in [0.25, 0.3) is 0 Å². The predicted molar refractivity (Wildman–Crippen MR) is 60.1 cm³/mol. The van der Waals surface area contributed by atoms with Crippen molar-refractivity contribution in [2.24, 2.45) is 0 Å². The van der Waals surface area contributed by atoms with Gasteiger partial charge in [-0.1, -0.05) is 6.92 Å². The molecule has 0 saturated heterocycles. The van der Waals surface area contributed by atoms with E-state index in [9.17, 15) is 4.79 Å². The molecule has 16 heavy (non-hydrogen) atoms. The number of pyridine rings is 1. The molecular formula is C12H17NO3. The third kappa shape index (κ3) is 3.62. The van der Waals surface area contributed by atoms with E-state index < -0.39 is 0 Å². The monoisotopic (exact) mass is 223 g/mol. The summed E-state index contributed by atoms with van der Waals surface area (Å²) in [5.41, 5.74) is 1.27. The summed E-state index contributed by atoms with van der Waals surface area (Å²) in [6.45, 7) is 4.55. The first-order valence-electron chi connectivity index (χ1n) is 5.32. The zero-order valence-electron chi connectivity index (χ0n) is 9.90. The highest BCUT2D eigenvalue weighted by atomic mass is 16.5. The van der Waals surface area contributed by atoms with Gasteiger partial charge in [-0.3, -0.25) is 4.98 Å². The second-order valence-electron chi connectivity index (χ2n) is 3.56. The van der Waals surface area contributed by atoms with Crippen LogP contribution in [0.15, 0.2) is 18.3 Å². The Kier molecular flexibility index (Phi) is 4.92. The van der Waals surface area contributed by atoms with Gasteiger partial charge >= 0.3 is 5.97 Å². The maximum atomic E-state index is 11.1. The first-order chi connectivity index (χ1) is 7.67. The van der Waals surface area contributed by atoms with Crippen molar-refractivity contribution in [3.8, 4) is 0 Å². The van der Waals surface area contributed by atoms with E-state index in [4.69, 9.17) is 4.74 Å². The number of hydrogen-bond donors (Lipinski definition) is 0. The molecule has 0 aromatic carbocycles. The summed E-state index contributed by atoms with van der Waals surface area (Å²) in [6.07, 6.45) is 2.70. The fraction of sp³-hybridized carbons (Fsp3) is 0.500. The molecule has 0 saturated carbocycles. The third-order valence-corrected chi connectivity index (χ3v) is 2.34. The van der Waals surface area contributed by atoms with E-state index in [1.165, 1.54) is 13.3 Å². The summed E-state index contributed by atoms with van der Waals surface area (Å²) >= 11 is 0. The highest BCUT2D eigenvalue weighted by Crippen LogP contribution is 2.05. The molecule has 4 nitrogen and oxygen atoms in total. The Labute approximate surface area is 95.6 Å². The normalized spacial score (nSPS) is 12.2. The van der Waals surface area contributed by atoms with Crippen molar-refractivity contribution < 1.29 is 14.3 Å². The lowest BCUT2D eigenvalue weighted by atomic mass is 10.2. The lowest BCUT2D eigenvalue weighted by molar-refractivity contribution is 0.0487. The molecule has 1 rings (SSSR count). The number of aromatic nitrogens is 1. The molecular weight excluding hydrogens is 206 g/mol. The molecule has 1 unspecified atom stereocenters. The van der Waals surface area contributed by atoms with E-state index in [-0.39, 0.29) is 12.1 Å². The summed E-state index contributed by atoms with van der Waals surface area (Å²) in [7, 11) is 1.35. The van der Waals surface area contributed by atoms with E-state index in [2.05, 4.69) is 16.6 Å². The van der Waals surface area contributed by atoms with Crippen molar-refractivity contribution in [1.82, 2.24) is 4.98 Å². The van der Waals surface area contributed by atoms with Gasteiger partial charge in [0.2, 0.25) is 0 Å². The second-order valence-corrected chi connectivity index (χ2v) is 3.56. The van der Waals surface area contributed by atoms with Crippen molar-refractivity contribution in [3.63, 3.8) is 0 Å². The predicted octanol–water partition coefficient (Wildman–Crippen LogP) is 2.18. The molecule has 0 fully saturated rings. The van der Waals surface area contributed by atoms with Crippen LogP contribution in [0.4, 0.5) is 0 Å². The van der Waals surface area contributed by atoms with Crippen LogP contribution >= 0.6 is 0 Å². The SMILES string of the molecule is CCC(C)OCc1ccc(C(=O)OC)cn1. The minimum absolute atomic E-state index is 0.224. The van der Waals surface area contributed by atoms with Crippen LogP contribution in [0, 0.1) is 0 Å². The van der Waals surface area contributed by atoms with Crippen LogP contribution in [0.25, 0.3) is 0 Å². The summed E-state index contributed by atoms with van der Waals surface area (Å²) in [6, 6.07) is 3.46. The smallest absolute Gasteiger partial charge is 0.339 e. The second kappa shape index (κ2) is 6.23. The van der Waals surface area contributed by atoms with Gasteiger partial charge in [0.05, 0.1) is 31.1 Å². The highest BCUT2D eigenvalue weighted by Gasteiger charge is 2.06. The molecule has 0 spiro atoms. The zero-order chi connectivity index (χ0) is 12.0. The Morgan fingerprint density at radius 2 is 2.25 bits per heavy atom. The lowest BCUT2D eigenvalue weighted by Gasteiger charge is -2.09. The molecule has 0 bridgehead atoms. The molecule has 0 aliphatic carbocycles. The molecule has 1 aromatic rings. The average Bonchev–Trinajstić information content (AvgIpc) is 2.35. The van der Waals surface area contributed by atoms with Crippen LogP contribution in [0.5, 0.6) is 0 Å². The van der Waals surface area contributed by atoms with Gasteiger partial charge in [0.1, 0.15) is 0 Å². The molecule has 0 aliphatic heterocycles. The van der Waals surface area contributed by atoms with Gasteiger partial charge in [-0.25, -0.2) is 4.79 Å². The average molecular weight is 223 g/mol. The molecule has 1 heterocycles. The van der Waals surface area contributed by atoms with Crippen LogP contribution in [0.2, 0.25) is 0 Å². The third-order valence-electron chi connectivity index (χ3n) is 2.34. The standard InChI is InChI=1S/C12H17NO3/c1-4-9(2)16-8-11-6-5-10(7-13-11)12(14)15-3/h5-7,9H,4,8H2,1-3H3. The van der Waals surface area contributed by atoms with Crippen LogP contribution in [-0.4, -0.2) is 24.2 Å². The van der Waals surface area contributed by atoms with Crippen molar-refractivity contribution >= 4 is 5.97 Å². The van der Waals surface area contributed by atoms with E-state index in [1.807, 2.05) is 6.92 Å². The summed E-state index contributed by atoms with van der Waals surface area (Å²) in [5.74, 6) is -0.373. The number of methoxy groups -OCH3 is 1. The fourth-order valence-corrected chi connectivity index (χ4v) is 1.09. The first-order valence-corrected chi connectivity index (χ1v) is 5.32. The number of esters is 1. The van der Waals surface area contributed by atoms with Crippen molar-refractivity contribution in [2.45, 2.75) is 33.0 Å². The van der Waals surface area contributed by atoms with Gasteiger partial charge in [-0.15, -0.1) is 0 Å². The van der Waals surface area contributed by atoms with Gasteiger partial charge in [0, 0.05) is 6.20 Å². The molecule has 4 heteroatoms.